The molecular weight excluding hydrogens is 441 g/mol. The summed E-state index contributed by atoms with van der Waals surface area (Å²) in [5.41, 5.74) is 4.07. The second-order valence-electron chi connectivity index (χ2n) is 7.74. The van der Waals surface area contributed by atoms with Crippen molar-refractivity contribution < 1.29 is 14.0 Å². The number of thioether (sulfide) groups is 1. The highest BCUT2D eigenvalue weighted by molar-refractivity contribution is 7.99. The summed E-state index contributed by atoms with van der Waals surface area (Å²) in [6.07, 6.45) is 0.440. The lowest BCUT2D eigenvalue weighted by Crippen LogP contribution is -2.27. The molecule has 0 saturated carbocycles. The Labute approximate surface area is 197 Å². The van der Waals surface area contributed by atoms with E-state index in [1.165, 1.54) is 23.9 Å². The van der Waals surface area contributed by atoms with E-state index < -0.39 is 11.7 Å². The number of aromatic nitrogens is 3. The van der Waals surface area contributed by atoms with Crippen molar-refractivity contribution in [3.05, 3.63) is 70.3 Å². The maximum Gasteiger partial charge on any atom is 0.254 e. The van der Waals surface area contributed by atoms with E-state index >= 15 is 0 Å². The predicted molar refractivity (Wildman–Crippen MR) is 128 cm³/mol. The van der Waals surface area contributed by atoms with Crippen LogP contribution in [0.25, 0.3) is 0 Å². The number of nitrogens with zero attached hydrogens (tertiary/aromatic N) is 3. The molecule has 3 rings (SSSR count). The Morgan fingerprint density at radius 2 is 1.79 bits per heavy atom. The van der Waals surface area contributed by atoms with Crippen LogP contribution in [0.5, 0.6) is 0 Å². The average molecular weight is 470 g/mol. The standard InChI is InChI=1S/C24H28FN5O2S/c1-5-30-20(10-11-26-23(32)18-8-6-7-9-19(18)25)28-29-24(30)33-14-21(31)27-22-16(3)12-15(2)13-17(22)4/h6-9,12-13H,5,10-11,14H2,1-4H3,(H,26,32)(H,27,31). The molecule has 2 amide bonds. The van der Waals surface area contributed by atoms with Crippen LogP contribution in [0.1, 0.15) is 39.8 Å². The maximum absolute atomic E-state index is 13.7. The largest absolute Gasteiger partial charge is 0.351 e. The number of anilines is 1. The van der Waals surface area contributed by atoms with Crippen LogP contribution in [-0.2, 0) is 17.8 Å². The number of benzene rings is 2. The minimum absolute atomic E-state index is 0.00997. The number of hydrogen-bond donors (Lipinski definition) is 2. The highest BCUT2D eigenvalue weighted by Gasteiger charge is 2.15. The molecule has 0 fully saturated rings. The van der Waals surface area contributed by atoms with Crippen molar-refractivity contribution in [3.8, 4) is 0 Å². The van der Waals surface area contributed by atoms with Gasteiger partial charge in [-0.25, -0.2) is 4.39 Å². The van der Waals surface area contributed by atoms with Gasteiger partial charge in [-0.05, 0) is 51.0 Å². The van der Waals surface area contributed by atoms with Gasteiger partial charge in [0, 0.05) is 25.2 Å². The molecule has 1 heterocycles. The lowest BCUT2D eigenvalue weighted by atomic mass is 10.1. The molecule has 0 saturated heterocycles. The van der Waals surface area contributed by atoms with E-state index in [9.17, 15) is 14.0 Å². The van der Waals surface area contributed by atoms with Crippen molar-refractivity contribution in [2.75, 3.05) is 17.6 Å². The van der Waals surface area contributed by atoms with Crippen molar-refractivity contribution in [3.63, 3.8) is 0 Å². The number of hydrogen-bond acceptors (Lipinski definition) is 5. The first-order valence-corrected chi connectivity index (χ1v) is 11.7. The van der Waals surface area contributed by atoms with Gasteiger partial charge < -0.3 is 15.2 Å². The molecule has 0 atom stereocenters. The van der Waals surface area contributed by atoms with Crippen molar-refractivity contribution in [2.24, 2.45) is 0 Å². The lowest BCUT2D eigenvalue weighted by molar-refractivity contribution is -0.113. The van der Waals surface area contributed by atoms with Gasteiger partial charge >= 0.3 is 0 Å². The SMILES string of the molecule is CCn1c(CCNC(=O)c2ccccc2F)nnc1SCC(=O)Nc1c(C)cc(C)cc1C. The minimum Gasteiger partial charge on any atom is -0.351 e. The molecule has 0 unspecified atom stereocenters. The van der Waals surface area contributed by atoms with Crippen LogP contribution < -0.4 is 10.6 Å². The topological polar surface area (TPSA) is 88.9 Å². The van der Waals surface area contributed by atoms with Gasteiger partial charge in [0.25, 0.3) is 5.91 Å². The molecule has 1 aromatic heterocycles. The van der Waals surface area contributed by atoms with Crippen LogP contribution in [0.3, 0.4) is 0 Å². The van der Waals surface area contributed by atoms with Crippen LogP contribution in [-0.4, -0.2) is 38.9 Å². The molecule has 0 bridgehead atoms. The van der Waals surface area contributed by atoms with E-state index in [4.69, 9.17) is 0 Å². The van der Waals surface area contributed by atoms with Crippen molar-refractivity contribution in [1.29, 1.82) is 0 Å². The summed E-state index contributed by atoms with van der Waals surface area (Å²) >= 11 is 1.31. The van der Waals surface area contributed by atoms with E-state index in [2.05, 4.69) is 20.8 Å². The highest BCUT2D eigenvalue weighted by atomic mass is 32.2. The highest BCUT2D eigenvalue weighted by Crippen LogP contribution is 2.23. The second kappa shape index (κ2) is 11.1. The van der Waals surface area contributed by atoms with Gasteiger partial charge in [-0.2, -0.15) is 0 Å². The van der Waals surface area contributed by atoms with Crippen molar-refractivity contribution >= 4 is 29.3 Å². The summed E-state index contributed by atoms with van der Waals surface area (Å²) in [6, 6.07) is 9.94. The van der Waals surface area contributed by atoms with E-state index in [1.807, 2.05) is 44.4 Å². The fraction of sp³-hybridized carbons (Fsp3) is 0.333. The Bertz CT molecular complexity index is 1140. The first-order valence-electron chi connectivity index (χ1n) is 10.8. The summed E-state index contributed by atoms with van der Waals surface area (Å²) in [5.74, 6) is -0.239. The van der Waals surface area contributed by atoms with Crippen LogP contribution >= 0.6 is 11.8 Å². The Balaban J connectivity index is 1.55. The quantitative estimate of drug-likeness (QED) is 0.461. The number of nitrogens with one attached hydrogen (secondary N) is 2. The molecule has 0 aliphatic rings. The molecule has 0 aliphatic heterocycles. The number of carbonyl (C=O) groups excluding carboxylic acids is 2. The maximum atomic E-state index is 13.7. The minimum atomic E-state index is -0.556. The van der Waals surface area contributed by atoms with Crippen LogP contribution in [0.2, 0.25) is 0 Å². The number of amides is 2. The van der Waals surface area contributed by atoms with Crippen LogP contribution in [0.15, 0.2) is 41.6 Å². The third kappa shape index (κ3) is 6.19. The Kier molecular flexibility index (Phi) is 8.21. The van der Waals surface area contributed by atoms with E-state index in [-0.39, 0.29) is 17.2 Å². The summed E-state index contributed by atoms with van der Waals surface area (Å²) in [7, 11) is 0. The molecule has 0 aliphatic carbocycles. The smallest absolute Gasteiger partial charge is 0.254 e. The first-order chi connectivity index (χ1) is 15.8. The predicted octanol–water partition coefficient (Wildman–Crippen LogP) is 4.07. The average Bonchev–Trinajstić information content (AvgIpc) is 3.16. The molecule has 33 heavy (non-hydrogen) atoms. The van der Waals surface area contributed by atoms with Crippen LogP contribution in [0.4, 0.5) is 10.1 Å². The van der Waals surface area contributed by atoms with Gasteiger partial charge in [-0.1, -0.05) is 41.6 Å². The zero-order valence-electron chi connectivity index (χ0n) is 19.2. The van der Waals surface area contributed by atoms with Gasteiger partial charge in [-0.15, -0.1) is 10.2 Å². The molecule has 174 valence electrons. The molecule has 3 aromatic rings. The lowest BCUT2D eigenvalue weighted by Gasteiger charge is -2.13. The number of carbonyl (C=O) groups is 2. The molecule has 2 N–H and O–H groups in total. The third-order valence-electron chi connectivity index (χ3n) is 5.14. The van der Waals surface area contributed by atoms with Gasteiger partial charge in [-0.3, -0.25) is 9.59 Å². The van der Waals surface area contributed by atoms with E-state index in [1.54, 1.807) is 12.1 Å². The monoisotopic (exact) mass is 469 g/mol. The zero-order chi connectivity index (χ0) is 24.0. The fourth-order valence-electron chi connectivity index (χ4n) is 3.64. The summed E-state index contributed by atoms with van der Waals surface area (Å²) in [6.45, 7) is 8.88. The zero-order valence-corrected chi connectivity index (χ0v) is 20.1. The van der Waals surface area contributed by atoms with E-state index in [0.717, 1.165) is 22.4 Å². The first kappa shape index (κ1) is 24.4. The van der Waals surface area contributed by atoms with E-state index in [0.29, 0.717) is 30.5 Å². The summed E-state index contributed by atoms with van der Waals surface area (Å²) in [5, 5.41) is 14.8. The third-order valence-corrected chi connectivity index (χ3v) is 6.10. The number of halogens is 1. The molecular formula is C24H28FN5O2S. The molecule has 0 spiro atoms. The number of aryl methyl sites for hydroxylation is 3. The Morgan fingerprint density at radius 1 is 1.09 bits per heavy atom. The van der Waals surface area contributed by atoms with Gasteiger partial charge in [0.2, 0.25) is 5.91 Å². The summed E-state index contributed by atoms with van der Waals surface area (Å²) in [4.78, 5) is 24.7. The van der Waals surface area contributed by atoms with Crippen LogP contribution in [0, 0.1) is 26.6 Å². The van der Waals surface area contributed by atoms with Gasteiger partial charge in [0.05, 0.1) is 11.3 Å². The molecule has 0 radical (unpaired) electrons. The van der Waals surface area contributed by atoms with Crippen molar-refractivity contribution in [1.82, 2.24) is 20.1 Å². The van der Waals surface area contributed by atoms with Crippen molar-refractivity contribution in [2.45, 2.75) is 45.8 Å². The molecule has 9 heteroatoms. The fourth-order valence-corrected chi connectivity index (χ4v) is 4.46. The van der Waals surface area contributed by atoms with Gasteiger partial charge in [0.1, 0.15) is 11.6 Å². The van der Waals surface area contributed by atoms with Gasteiger partial charge in [0.15, 0.2) is 5.16 Å². The Morgan fingerprint density at radius 3 is 2.45 bits per heavy atom. The second-order valence-corrected chi connectivity index (χ2v) is 8.68. The Hall–Kier alpha value is -3.20. The summed E-state index contributed by atoms with van der Waals surface area (Å²) < 4.78 is 15.7. The normalized spacial score (nSPS) is 10.8. The molecule has 2 aromatic carbocycles. The number of rotatable bonds is 9. The molecule has 7 nitrogen and oxygen atoms in total.